The Kier molecular flexibility index (Phi) is 7.87. The van der Waals surface area contributed by atoms with Crippen LogP contribution in [0, 0.1) is 0 Å². The highest BCUT2D eigenvalue weighted by atomic mass is 14.3. The molecular formula is C60H48. The molecular weight excluding hydrogens is 721 g/mol. The van der Waals surface area contributed by atoms with Gasteiger partial charge >= 0.3 is 0 Å². The van der Waals surface area contributed by atoms with Crippen molar-refractivity contribution in [3.05, 3.63) is 229 Å². The second-order valence-electron chi connectivity index (χ2n) is 18.3. The van der Waals surface area contributed by atoms with Gasteiger partial charge in [-0.25, -0.2) is 0 Å². The van der Waals surface area contributed by atoms with Crippen LogP contribution in [0.4, 0.5) is 0 Å². The van der Waals surface area contributed by atoms with Crippen molar-refractivity contribution in [1.29, 1.82) is 0 Å². The van der Waals surface area contributed by atoms with Crippen molar-refractivity contribution >= 4 is 16.7 Å². The molecule has 0 spiro atoms. The lowest BCUT2D eigenvalue weighted by molar-refractivity contribution is 0.935. The molecule has 0 aliphatic heterocycles. The molecule has 0 heterocycles. The van der Waals surface area contributed by atoms with Gasteiger partial charge < -0.3 is 0 Å². The SMILES string of the molecule is C1=CC2=C(CC1)Cc1c2ccc2c1-c1ccccc1C2.C1=CC2=C(CC1)c1cc3c(cc1C2)-c1ccccc1C3.C1=CC2=C(CC1)c1cc3c(cc1C2)Cc1ccccc1-3. The summed E-state index contributed by atoms with van der Waals surface area (Å²) in [6.07, 6.45) is 28.1. The molecule has 0 saturated carbocycles. The third-order valence-corrected chi connectivity index (χ3v) is 15.0. The van der Waals surface area contributed by atoms with Gasteiger partial charge in [-0.2, -0.15) is 0 Å². The first kappa shape index (κ1) is 34.6. The van der Waals surface area contributed by atoms with Crippen LogP contribution in [0.5, 0.6) is 0 Å². The predicted molar refractivity (Wildman–Crippen MR) is 251 cm³/mol. The topological polar surface area (TPSA) is 0 Å². The standard InChI is InChI=1S/3C20H16/c1-3-7-16-14(6-1)12-19-18(16)10-9-15-11-13-5-2-4-8-17(13)20(15)19;1-3-7-17-13(5-1)9-15-11-20-16(12-19(15)17)10-14-6-2-4-8-18(14)20;1-3-7-17-13(5-1)9-15-11-16-10-14-6-2-4-8-18(14)20(16)12-19(15)17/h2-5,7-10H,1,6,11-12H2;2*1-3,5-7,11-12H,4,8-10H2. The van der Waals surface area contributed by atoms with Crippen LogP contribution >= 0.6 is 0 Å². The van der Waals surface area contributed by atoms with E-state index in [4.69, 9.17) is 0 Å². The van der Waals surface area contributed by atoms with Crippen molar-refractivity contribution in [2.75, 3.05) is 0 Å². The fraction of sp³-hybridized carbons (Fsp3) is 0.200. The Morgan fingerprint density at radius 1 is 0.317 bits per heavy atom. The second kappa shape index (κ2) is 13.7. The summed E-state index contributed by atoms with van der Waals surface area (Å²) >= 11 is 0. The first-order valence-corrected chi connectivity index (χ1v) is 22.6. The van der Waals surface area contributed by atoms with Crippen LogP contribution in [0.2, 0.25) is 0 Å². The van der Waals surface area contributed by atoms with Crippen molar-refractivity contribution in [1.82, 2.24) is 0 Å². The summed E-state index contributed by atoms with van der Waals surface area (Å²) in [5, 5.41) is 0. The molecule has 9 aliphatic carbocycles. The average Bonchev–Trinajstić information content (AvgIpc) is 4.15. The van der Waals surface area contributed by atoms with Gasteiger partial charge in [-0.1, -0.05) is 139 Å². The Hall–Kier alpha value is -6.24. The number of hydrogen-bond donors (Lipinski definition) is 0. The molecule has 15 rings (SSSR count). The highest BCUT2D eigenvalue weighted by Crippen LogP contribution is 2.49. The Labute approximate surface area is 354 Å². The van der Waals surface area contributed by atoms with Crippen LogP contribution in [0.15, 0.2) is 162 Å². The van der Waals surface area contributed by atoms with Gasteiger partial charge in [-0.15, -0.1) is 0 Å². The summed E-state index contributed by atoms with van der Waals surface area (Å²) in [4.78, 5) is 0. The van der Waals surface area contributed by atoms with E-state index >= 15 is 0 Å². The fourth-order valence-electron chi connectivity index (χ4n) is 12.2. The summed E-state index contributed by atoms with van der Waals surface area (Å²) in [7, 11) is 0. The zero-order valence-electron chi connectivity index (χ0n) is 34.3. The maximum Gasteiger partial charge on any atom is -0.00132 e. The molecule has 60 heavy (non-hydrogen) atoms. The third kappa shape index (κ3) is 5.43. The van der Waals surface area contributed by atoms with Crippen LogP contribution in [0.25, 0.3) is 50.1 Å². The summed E-state index contributed by atoms with van der Waals surface area (Å²) < 4.78 is 0. The highest BCUT2D eigenvalue weighted by Gasteiger charge is 2.30. The van der Waals surface area contributed by atoms with Gasteiger partial charge in [0.15, 0.2) is 0 Å². The molecule has 0 atom stereocenters. The molecule has 0 fully saturated rings. The van der Waals surface area contributed by atoms with Gasteiger partial charge in [0.2, 0.25) is 0 Å². The molecule has 288 valence electrons. The zero-order chi connectivity index (χ0) is 39.3. The molecule has 0 unspecified atom stereocenters. The van der Waals surface area contributed by atoms with E-state index in [9.17, 15) is 0 Å². The van der Waals surface area contributed by atoms with Gasteiger partial charge in [-0.3, -0.25) is 0 Å². The number of rotatable bonds is 0. The van der Waals surface area contributed by atoms with E-state index in [0.29, 0.717) is 0 Å². The van der Waals surface area contributed by atoms with Crippen molar-refractivity contribution in [3.63, 3.8) is 0 Å². The molecule has 0 aromatic heterocycles. The Morgan fingerprint density at radius 2 is 0.833 bits per heavy atom. The smallest absolute Gasteiger partial charge is 0.00132 e. The predicted octanol–water partition coefficient (Wildman–Crippen LogP) is 14.8. The number of fused-ring (bicyclic) bond motifs is 16. The van der Waals surface area contributed by atoms with E-state index in [1.165, 1.54) is 134 Å². The average molecular weight is 769 g/mol. The van der Waals surface area contributed by atoms with Gasteiger partial charge in [0.25, 0.3) is 0 Å². The Balaban J connectivity index is 0.0000000926. The van der Waals surface area contributed by atoms with Crippen LogP contribution in [0.1, 0.15) is 105 Å². The summed E-state index contributed by atoms with van der Waals surface area (Å²) in [6, 6.07) is 41.2. The highest BCUT2D eigenvalue weighted by molar-refractivity contribution is 5.92. The first-order chi connectivity index (χ1) is 29.7. The van der Waals surface area contributed by atoms with E-state index in [-0.39, 0.29) is 0 Å². The van der Waals surface area contributed by atoms with Gasteiger partial charge in [0.1, 0.15) is 0 Å². The molecule has 0 radical (unpaired) electrons. The normalized spacial score (nSPS) is 17.8. The van der Waals surface area contributed by atoms with E-state index in [1.54, 1.807) is 44.6 Å². The number of hydrogen-bond acceptors (Lipinski definition) is 0. The minimum atomic E-state index is 1.11. The van der Waals surface area contributed by atoms with E-state index < -0.39 is 0 Å². The minimum absolute atomic E-state index is 1.11. The summed E-state index contributed by atoms with van der Waals surface area (Å²) in [5.41, 5.74) is 36.6. The van der Waals surface area contributed by atoms with Crippen LogP contribution in [-0.4, -0.2) is 0 Å². The monoisotopic (exact) mass is 768 g/mol. The van der Waals surface area contributed by atoms with Crippen LogP contribution in [-0.2, 0) is 38.5 Å². The van der Waals surface area contributed by atoms with Crippen molar-refractivity contribution in [2.24, 2.45) is 0 Å². The molecule has 6 aromatic rings. The molecule has 0 saturated heterocycles. The summed E-state index contributed by atoms with van der Waals surface area (Å²) in [5.74, 6) is 0. The van der Waals surface area contributed by atoms with Crippen molar-refractivity contribution < 1.29 is 0 Å². The van der Waals surface area contributed by atoms with Crippen LogP contribution in [0.3, 0.4) is 0 Å². The zero-order valence-corrected chi connectivity index (χ0v) is 34.3. The lowest BCUT2D eigenvalue weighted by Crippen LogP contribution is -1.91. The van der Waals surface area contributed by atoms with Gasteiger partial charge in [0.05, 0.1) is 0 Å². The van der Waals surface area contributed by atoms with E-state index in [2.05, 4.69) is 146 Å². The van der Waals surface area contributed by atoms with Crippen molar-refractivity contribution in [2.45, 2.75) is 77.0 Å². The fourth-order valence-corrected chi connectivity index (χ4v) is 12.2. The molecule has 0 amide bonds. The molecule has 0 bridgehead atoms. The maximum absolute atomic E-state index is 2.48. The van der Waals surface area contributed by atoms with E-state index in [1.807, 2.05) is 0 Å². The lowest BCUT2D eigenvalue weighted by Gasteiger charge is -2.11. The van der Waals surface area contributed by atoms with E-state index in [0.717, 1.165) is 32.1 Å². The largest absolute Gasteiger partial charge is 0.0839 e. The molecule has 0 N–H and O–H groups in total. The maximum atomic E-state index is 2.48. The van der Waals surface area contributed by atoms with Gasteiger partial charge in [0, 0.05) is 0 Å². The summed E-state index contributed by atoms with van der Waals surface area (Å²) in [6.45, 7) is 0. The Bertz CT molecular complexity index is 3070. The first-order valence-electron chi connectivity index (χ1n) is 22.6. The molecule has 9 aliphatic rings. The number of allylic oxidation sites excluding steroid dienone is 12. The second-order valence-corrected chi connectivity index (χ2v) is 18.3. The van der Waals surface area contributed by atoms with Crippen molar-refractivity contribution in [3.8, 4) is 33.4 Å². The molecule has 6 aromatic carbocycles. The van der Waals surface area contributed by atoms with Crippen LogP contribution < -0.4 is 0 Å². The third-order valence-electron chi connectivity index (χ3n) is 15.0. The molecule has 0 heteroatoms. The van der Waals surface area contributed by atoms with Gasteiger partial charge in [-0.05, 0) is 217 Å². The minimum Gasteiger partial charge on any atom is -0.0839 e. The number of benzene rings is 6. The Morgan fingerprint density at radius 3 is 1.55 bits per heavy atom. The quantitative estimate of drug-likeness (QED) is 0.144. The lowest BCUT2D eigenvalue weighted by atomic mass is 9.94. The molecule has 0 nitrogen and oxygen atoms in total.